The van der Waals surface area contributed by atoms with Gasteiger partial charge in [0.1, 0.15) is 4.83 Å². The largest absolute Gasteiger partial charge is 0.326 e. The molecule has 0 unspecified atom stereocenters. The molecule has 2 N–H and O–H groups in total. The minimum atomic E-state index is -3.36. The Labute approximate surface area is 179 Å². The van der Waals surface area contributed by atoms with Crippen LogP contribution in [0, 0.1) is 13.8 Å². The summed E-state index contributed by atoms with van der Waals surface area (Å²) in [5.41, 5.74) is 1.77. The Kier molecular flexibility index (Phi) is 6.57. The molecule has 3 aromatic rings. The van der Waals surface area contributed by atoms with E-state index in [-0.39, 0.29) is 30.2 Å². The van der Waals surface area contributed by atoms with E-state index in [2.05, 4.69) is 15.0 Å². The number of fused-ring (bicyclic) bond motifs is 1. The minimum absolute atomic E-state index is 0.0516. The van der Waals surface area contributed by atoms with Gasteiger partial charge in [0.05, 0.1) is 17.5 Å². The summed E-state index contributed by atoms with van der Waals surface area (Å²) in [7, 11) is -3.36. The first-order valence-corrected chi connectivity index (χ1v) is 12.0. The lowest BCUT2D eigenvalue weighted by atomic mass is 10.2. The zero-order valence-electron chi connectivity index (χ0n) is 17.1. The third-order valence-corrected chi connectivity index (χ3v) is 7.26. The van der Waals surface area contributed by atoms with Gasteiger partial charge in [0.2, 0.25) is 15.9 Å². The van der Waals surface area contributed by atoms with E-state index in [0.717, 1.165) is 10.4 Å². The number of aryl methyl sites for hydroxylation is 3. The maximum atomic E-state index is 12.7. The first-order valence-electron chi connectivity index (χ1n) is 9.55. The van der Waals surface area contributed by atoms with Gasteiger partial charge in [-0.15, -0.1) is 11.3 Å². The summed E-state index contributed by atoms with van der Waals surface area (Å²) in [4.78, 5) is 31.1. The predicted molar refractivity (Wildman–Crippen MR) is 121 cm³/mol. The highest BCUT2D eigenvalue weighted by Gasteiger charge is 2.13. The number of hydrogen-bond acceptors (Lipinski definition) is 6. The van der Waals surface area contributed by atoms with E-state index >= 15 is 0 Å². The maximum Gasteiger partial charge on any atom is 0.262 e. The van der Waals surface area contributed by atoms with Crippen LogP contribution in [-0.2, 0) is 21.4 Å². The number of nitrogens with zero attached hydrogens (tertiary/aromatic N) is 2. The summed E-state index contributed by atoms with van der Waals surface area (Å²) in [6, 6.07) is 6.43. The molecule has 3 rings (SSSR count). The van der Waals surface area contributed by atoms with Crippen LogP contribution in [0.15, 0.2) is 35.4 Å². The Bertz CT molecular complexity index is 1230. The van der Waals surface area contributed by atoms with Crippen LogP contribution < -0.4 is 15.6 Å². The molecule has 0 saturated carbocycles. The molecule has 8 nitrogen and oxygen atoms in total. The molecule has 0 atom stereocenters. The van der Waals surface area contributed by atoms with Gasteiger partial charge < -0.3 is 5.32 Å². The van der Waals surface area contributed by atoms with Crippen molar-refractivity contribution in [3.05, 3.63) is 51.4 Å². The molecule has 1 amide bonds. The van der Waals surface area contributed by atoms with Gasteiger partial charge >= 0.3 is 0 Å². The molecule has 0 spiro atoms. The molecule has 1 aromatic carbocycles. The van der Waals surface area contributed by atoms with Gasteiger partial charge in [0.15, 0.2) is 0 Å². The number of sulfonamides is 1. The molecule has 0 radical (unpaired) electrons. The first-order chi connectivity index (χ1) is 14.2. The standard InChI is InChI=1S/C20H24N4O4S2/c1-4-11-30(27,28)23-16-7-5-15(6-8-16)22-17(25)9-10-24-12-21-19-18(20(24)26)13(2)14(3)29-19/h5-8,12,23H,4,9-11H2,1-3H3,(H,22,25). The predicted octanol–water partition coefficient (Wildman–Crippen LogP) is 3.26. The van der Waals surface area contributed by atoms with Crippen molar-refractivity contribution in [1.29, 1.82) is 0 Å². The summed E-state index contributed by atoms with van der Waals surface area (Å²) in [6.45, 7) is 5.87. The Balaban J connectivity index is 1.61. The van der Waals surface area contributed by atoms with Gasteiger partial charge in [-0.05, 0) is 50.1 Å². The number of thiophene rings is 1. The average Bonchev–Trinajstić information content (AvgIpc) is 2.97. The number of hydrogen-bond donors (Lipinski definition) is 2. The Hall–Kier alpha value is -2.72. The molecule has 0 aliphatic rings. The number of amides is 1. The van der Waals surface area contributed by atoms with Gasteiger partial charge in [-0.1, -0.05) is 6.92 Å². The van der Waals surface area contributed by atoms with Crippen molar-refractivity contribution in [2.45, 2.75) is 40.2 Å². The maximum absolute atomic E-state index is 12.7. The first kappa shape index (κ1) is 22.0. The normalized spacial score (nSPS) is 11.6. The second-order valence-electron chi connectivity index (χ2n) is 7.00. The summed E-state index contributed by atoms with van der Waals surface area (Å²) in [5.74, 6) is -0.199. The van der Waals surface area contributed by atoms with Gasteiger partial charge in [0, 0.05) is 29.2 Å². The molecule has 10 heteroatoms. The van der Waals surface area contributed by atoms with Gasteiger partial charge in [0.25, 0.3) is 5.56 Å². The number of carbonyl (C=O) groups is 1. The van der Waals surface area contributed by atoms with Crippen LogP contribution in [0.1, 0.15) is 30.2 Å². The van der Waals surface area contributed by atoms with E-state index in [1.807, 2.05) is 13.8 Å². The van der Waals surface area contributed by atoms with E-state index in [4.69, 9.17) is 0 Å². The number of aromatic nitrogens is 2. The average molecular weight is 449 g/mol. The fourth-order valence-electron chi connectivity index (χ4n) is 3.00. The molecule has 0 aliphatic heterocycles. The summed E-state index contributed by atoms with van der Waals surface area (Å²) in [6.07, 6.45) is 2.12. The second-order valence-corrected chi connectivity index (χ2v) is 10.0. The highest BCUT2D eigenvalue weighted by molar-refractivity contribution is 7.92. The van der Waals surface area contributed by atoms with E-state index in [9.17, 15) is 18.0 Å². The van der Waals surface area contributed by atoms with Crippen molar-refractivity contribution in [3.8, 4) is 0 Å². The molecule has 2 aromatic heterocycles. The lowest BCUT2D eigenvalue weighted by Crippen LogP contribution is -2.23. The van der Waals surface area contributed by atoms with Crippen LogP contribution in [0.2, 0.25) is 0 Å². The number of nitrogens with one attached hydrogen (secondary N) is 2. The Morgan fingerprint density at radius 2 is 1.83 bits per heavy atom. The number of benzene rings is 1. The fraction of sp³-hybridized carbons (Fsp3) is 0.350. The van der Waals surface area contributed by atoms with E-state index in [1.54, 1.807) is 31.2 Å². The molecular formula is C20H24N4O4S2. The molecule has 0 fully saturated rings. The van der Waals surface area contributed by atoms with Crippen LogP contribution in [-0.4, -0.2) is 29.6 Å². The van der Waals surface area contributed by atoms with E-state index in [1.165, 1.54) is 22.2 Å². The smallest absolute Gasteiger partial charge is 0.262 e. The van der Waals surface area contributed by atoms with Crippen molar-refractivity contribution >= 4 is 48.9 Å². The van der Waals surface area contributed by atoms with Crippen molar-refractivity contribution in [1.82, 2.24) is 9.55 Å². The lowest BCUT2D eigenvalue weighted by Gasteiger charge is -2.09. The van der Waals surface area contributed by atoms with Gasteiger partial charge in [-0.25, -0.2) is 13.4 Å². The third kappa shape index (κ3) is 5.06. The Morgan fingerprint density at radius 3 is 2.50 bits per heavy atom. The number of rotatable bonds is 8. The number of carbonyl (C=O) groups excluding carboxylic acids is 1. The fourth-order valence-corrected chi connectivity index (χ4v) is 5.12. The summed E-state index contributed by atoms with van der Waals surface area (Å²) < 4.78 is 27.5. The van der Waals surface area contributed by atoms with Gasteiger partial charge in [-0.3, -0.25) is 18.9 Å². The SMILES string of the molecule is CCCS(=O)(=O)Nc1ccc(NC(=O)CCn2cnc3sc(C)c(C)c3c2=O)cc1. The van der Waals surface area contributed by atoms with Gasteiger partial charge in [-0.2, -0.15) is 0 Å². The quantitative estimate of drug-likeness (QED) is 0.550. The highest BCUT2D eigenvalue weighted by atomic mass is 32.2. The lowest BCUT2D eigenvalue weighted by molar-refractivity contribution is -0.116. The molecule has 30 heavy (non-hydrogen) atoms. The van der Waals surface area contributed by atoms with Crippen molar-refractivity contribution < 1.29 is 13.2 Å². The highest BCUT2D eigenvalue weighted by Crippen LogP contribution is 2.25. The summed E-state index contributed by atoms with van der Waals surface area (Å²) in [5, 5.41) is 3.36. The zero-order chi connectivity index (χ0) is 21.9. The van der Waals surface area contributed by atoms with Crippen LogP contribution in [0.4, 0.5) is 11.4 Å². The van der Waals surface area contributed by atoms with Crippen molar-refractivity contribution in [3.63, 3.8) is 0 Å². The van der Waals surface area contributed by atoms with Crippen LogP contribution in [0.5, 0.6) is 0 Å². The molecule has 0 bridgehead atoms. The topological polar surface area (TPSA) is 110 Å². The molecule has 0 aliphatic carbocycles. The molecular weight excluding hydrogens is 424 g/mol. The van der Waals surface area contributed by atoms with Crippen LogP contribution in [0.25, 0.3) is 10.2 Å². The third-order valence-electron chi connectivity index (χ3n) is 4.65. The van der Waals surface area contributed by atoms with E-state index in [0.29, 0.717) is 28.0 Å². The Morgan fingerprint density at radius 1 is 1.17 bits per heavy atom. The second kappa shape index (κ2) is 8.97. The summed E-state index contributed by atoms with van der Waals surface area (Å²) >= 11 is 1.49. The van der Waals surface area contributed by atoms with Crippen LogP contribution >= 0.6 is 11.3 Å². The zero-order valence-corrected chi connectivity index (χ0v) is 18.7. The van der Waals surface area contributed by atoms with Crippen LogP contribution in [0.3, 0.4) is 0 Å². The van der Waals surface area contributed by atoms with Crippen molar-refractivity contribution in [2.24, 2.45) is 0 Å². The number of anilines is 2. The minimum Gasteiger partial charge on any atom is -0.326 e. The van der Waals surface area contributed by atoms with Crippen molar-refractivity contribution in [2.75, 3.05) is 15.8 Å². The van der Waals surface area contributed by atoms with E-state index < -0.39 is 10.0 Å². The molecule has 2 heterocycles. The molecule has 160 valence electrons. The molecule has 0 saturated heterocycles. The monoisotopic (exact) mass is 448 g/mol.